The number of aromatic nitrogens is 2. The highest BCUT2D eigenvalue weighted by Gasteiger charge is 2.28. The van der Waals surface area contributed by atoms with Crippen LogP contribution in [0, 0.1) is 0 Å². The van der Waals surface area contributed by atoms with Crippen molar-refractivity contribution in [2.45, 2.75) is 6.54 Å². The van der Waals surface area contributed by atoms with Crippen molar-refractivity contribution in [2.75, 3.05) is 39.4 Å². The van der Waals surface area contributed by atoms with E-state index in [1.807, 2.05) is 23.1 Å². The maximum atomic E-state index is 12.8. The molecule has 2 aromatic rings. The minimum atomic E-state index is 0.0476. The number of ether oxygens (including phenoxy) is 1. The fourth-order valence-corrected chi connectivity index (χ4v) is 3.66. The zero-order valence-corrected chi connectivity index (χ0v) is 15.6. The maximum absolute atomic E-state index is 12.8. The highest BCUT2D eigenvalue weighted by Crippen LogP contribution is 2.31. The van der Waals surface area contributed by atoms with Gasteiger partial charge in [-0.3, -0.25) is 9.69 Å². The summed E-state index contributed by atoms with van der Waals surface area (Å²) in [5, 5.41) is 0.535. The summed E-state index contributed by atoms with van der Waals surface area (Å²) in [6.07, 6.45) is 1.47. The van der Waals surface area contributed by atoms with Crippen molar-refractivity contribution in [3.8, 4) is 11.3 Å². The lowest BCUT2D eigenvalue weighted by Crippen LogP contribution is -2.41. The van der Waals surface area contributed by atoms with Gasteiger partial charge in [0.2, 0.25) is 5.28 Å². The summed E-state index contributed by atoms with van der Waals surface area (Å²) in [4.78, 5) is 25.1. The second kappa shape index (κ2) is 7.48. The molecule has 4 rings (SSSR count). The van der Waals surface area contributed by atoms with Crippen molar-refractivity contribution in [1.82, 2.24) is 19.8 Å². The van der Waals surface area contributed by atoms with Gasteiger partial charge in [-0.25, -0.2) is 9.97 Å². The molecule has 0 aliphatic carbocycles. The number of carbonyl (C=O) groups excluding carboxylic acids is 1. The summed E-state index contributed by atoms with van der Waals surface area (Å²) in [6, 6.07) is 5.72. The Morgan fingerprint density at radius 1 is 1.15 bits per heavy atom. The lowest BCUT2D eigenvalue weighted by atomic mass is 10.0. The van der Waals surface area contributed by atoms with Gasteiger partial charge < -0.3 is 9.64 Å². The predicted octanol–water partition coefficient (Wildman–Crippen LogP) is 2.74. The van der Waals surface area contributed by atoms with Gasteiger partial charge in [0.05, 0.1) is 30.1 Å². The minimum Gasteiger partial charge on any atom is -0.379 e. The molecule has 0 unspecified atom stereocenters. The third-order valence-corrected chi connectivity index (χ3v) is 5.23. The average molecular weight is 393 g/mol. The number of halogens is 2. The molecule has 2 aliphatic rings. The molecule has 0 bridgehead atoms. The molecular weight excluding hydrogens is 375 g/mol. The molecule has 1 amide bonds. The summed E-state index contributed by atoms with van der Waals surface area (Å²) in [5.41, 5.74) is 3.03. The number of carbonyl (C=O) groups is 1. The molecule has 0 saturated carbocycles. The molecular formula is C18H18Cl2N4O2. The lowest BCUT2D eigenvalue weighted by molar-refractivity contribution is 0.0327. The van der Waals surface area contributed by atoms with E-state index in [-0.39, 0.29) is 11.2 Å². The van der Waals surface area contributed by atoms with Gasteiger partial charge >= 0.3 is 0 Å². The first-order valence-electron chi connectivity index (χ1n) is 8.52. The normalized spacial score (nSPS) is 17.6. The van der Waals surface area contributed by atoms with E-state index in [9.17, 15) is 4.79 Å². The van der Waals surface area contributed by atoms with E-state index in [1.165, 1.54) is 6.20 Å². The number of morpholine rings is 1. The van der Waals surface area contributed by atoms with Crippen molar-refractivity contribution in [3.05, 3.63) is 45.8 Å². The van der Waals surface area contributed by atoms with Gasteiger partial charge in [-0.15, -0.1) is 0 Å². The smallest absolute Gasteiger partial charge is 0.254 e. The number of benzene rings is 1. The van der Waals surface area contributed by atoms with Gasteiger partial charge in [0.25, 0.3) is 5.91 Å². The Labute approximate surface area is 161 Å². The fourth-order valence-electron chi connectivity index (χ4n) is 3.32. The summed E-state index contributed by atoms with van der Waals surface area (Å²) >= 11 is 12.1. The first kappa shape index (κ1) is 17.7. The fraction of sp³-hybridized carbons (Fsp3) is 0.389. The van der Waals surface area contributed by atoms with Crippen LogP contribution in [0.15, 0.2) is 24.4 Å². The highest BCUT2D eigenvalue weighted by molar-refractivity contribution is 6.33. The average Bonchev–Trinajstić information content (AvgIpc) is 2.98. The Morgan fingerprint density at radius 2 is 1.96 bits per heavy atom. The molecule has 0 radical (unpaired) electrons. The third-order valence-electron chi connectivity index (χ3n) is 4.77. The molecule has 1 fully saturated rings. The van der Waals surface area contributed by atoms with Gasteiger partial charge in [-0.1, -0.05) is 23.7 Å². The Balaban J connectivity index is 1.51. The molecule has 3 heterocycles. The van der Waals surface area contributed by atoms with Crippen LogP contribution >= 0.6 is 23.2 Å². The van der Waals surface area contributed by atoms with Crippen LogP contribution in [0.1, 0.15) is 15.9 Å². The van der Waals surface area contributed by atoms with E-state index in [4.69, 9.17) is 27.9 Å². The van der Waals surface area contributed by atoms with Gasteiger partial charge in [0.15, 0.2) is 0 Å². The zero-order chi connectivity index (χ0) is 18.1. The van der Waals surface area contributed by atoms with Gasteiger partial charge in [-0.05, 0) is 23.2 Å². The zero-order valence-electron chi connectivity index (χ0n) is 14.1. The van der Waals surface area contributed by atoms with E-state index >= 15 is 0 Å². The second-order valence-corrected chi connectivity index (χ2v) is 7.13. The third kappa shape index (κ3) is 3.55. The van der Waals surface area contributed by atoms with Crippen LogP contribution in [0.4, 0.5) is 0 Å². The van der Waals surface area contributed by atoms with E-state index in [1.54, 1.807) is 0 Å². The molecule has 1 aromatic heterocycles. The van der Waals surface area contributed by atoms with E-state index in [2.05, 4.69) is 14.9 Å². The van der Waals surface area contributed by atoms with Crippen molar-refractivity contribution >= 4 is 29.1 Å². The maximum Gasteiger partial charge on any atom is 0.254 e. The molecule has 1 aromatic carbocycles. The molecule has 8 heteroatoms. The van der Waals surface area contributed by atoms with Crippen LogP contribution in [0.3, 0.4) is 0 Å². The summed E-state index contributed by atoms with van der Waals surface area (Å²) in [6.45, 7) is 5.58. The topological polar surface area (TPSA) is 58.6 Å². The Morgan fingerprint density at radius 3 is 2.77 bits per heavy atom. The van der Waals surface area contributed by atoms with Crippen molar-refractivity contribution in [1.29, 1.82) is 0 Å². The van der Waals surface area contributed by atoms with Crippen LogP contribution in [0.5, 0.6) is 0 Å². The minimum absolute atomic E-state index is 0.0476. The van der Waals surface area contributed by atoms with Crippen molar-refractivity contribution < 1.29 is 9.53 Å². The first-order valence-corrected chi connectivity index (χ1v) is 9.28. The predicted molar refractivity (Wildman–Crippen MR) is 99.5 cm³/mol. The Bertz CT molecular complexity index is 840. The molecule has 26 heavy (non-hydrogen) atoms. The highest BCUT2D eigenvalue weighted by atomic mass is 35.5. The van der Waals surface area contributed by atoms with E-state index in [0.29, 0.717) is 29.4 Å². The molecule has 0 spiro atoms. The van der Waals surface area contributed by atoms with Crippen molar-refractivity contribution in [2.24, 2.45) is 0 Å². The Hall–Kier alpha value is -1.73. The lowest BCUT2D eigenvalue weighted by Gasteiger charge is -2.28. The number of nitrogens with zero attached hydrogens (tertiary/aromatic N) is 4. The Kier molecular flexibility index (Phi) is 5.09. The molecule has 2 aliphatic heterocycles. The van der Waals surface area contributed by atoms with Gasteiger partial charge in [0.1, 0.15) is 0 Å². The molecule has 0 atom stereocenters. The van der Waals surface area contributed by atoms with Crippen LogP contribution in [-0.2, 0) is 11.3 Å². The SMILES string of the molecule is O=C1c2cc(-c3nc(Cl)ncc3Cl)ccc2CN1CCN1CCOCC1. The summed E-state index contributed by atoms with van der Waals surface area (Å²) in [7, 11) is 0. The van der Waals surface area contributed by atoms with Crippen molar-refractivity contribution in [3.63, 3.8) is 0 Å². The summed E-state index contributed by atoms with van der Waals surface area (Å²) in [5.74, 6) is 0.0476. The standard InChI is InChI=1S/C18H18Cl2N4O2/c19-15-10-21-18(20)22-16(15)12-1-2-13-11-24(17(25)14(13)9-12)4-3-23-5-7-26-8-6-23/h1-2,9-10H,3-8,11H2. The second-order valence-electron chi connectivity index (χ2n) is 6.39. The van der Waals surface area contributed by atoms with Crippen LogP contribution in [0.25, 0.3) is 11.3 Å². The molecule has 6 nitrogen and oxygen atoms in total. The molecule has 136 valence electrons. The molecule has 0 N–H and O–H groups in total. The van der Waals surface area contributed by atoms with Crippen LogP contribution in [-0.4, -0.2) is 65.1 Å². The molecule has 1 saturated heterocycles. The monoisotopic (exact) mass is 392 g/mol. The number of fused-ring (bicyclic) bond motifs is 1. The quantitative estimate of drug-likeness (QED) is 0.748. The van der Waals surface area contributed by atoms with E-state index < -0.39 is 0 Å². The van der Waals surface area contributed by atoms with Crippen LogP contribution < -0.4 is 0 Å². The summed E-state index contributed by atoms with van der Waals surface area (Å²) < 4.78 is 5.36. The first-order chi connectivity index (χ1) is 12.6. The van der Waals surface area contributed by atoms with Crippen LogP contribution in [0.2, 0.25) is 10.3 Å². The largest absolute Gasteiger partial charge is 0.379 e. The van der Waals surface area contributed by atoms with Gasteiger partial charge in [0, 0.05) is 43.9 Å². The van der Waals surface area contributed by atoms with Gasteiger partial charge in [-0.2, -0.15) is 0 Å². The number of hydrogen-bond donors (Lipinski definition) is 0. The number of rotatable bonds is 4. The number of hydrogen-bond acceptors (Lipinski definition) is 5. The number of amides is 1. The van der Waals surface area contributed by atoms with E-state index in [0.717, 1.165) is 44.0 Å².